The number of hydrogen-bond donors (Lipinski definition) is 1. The van der Waals surface area contributed by atoms with Crippen molar-refractivity contribution in [2.45, 2.75) is 77.7 Å². The summed E-state index contributed by atoms with van der Waals surface area (Å²) in [6, 6.07) is 0.769. The molecule has 0 saturated carbocycles. The van der Waals surface area contributed by atoms with Gasteiger partial charge in [0.05, 0.1) is 0 Å². The van der Waals surface area contributed by atoms with Gasteiger partial charge in [0, 0.05) is 6.04 Å². The summed E-state index contributed by atoms with van der Waals surface area (Å²) in [4.78, 5) is 2.27. The average molecular weight is 256 g/mol. The Morgan fingerprint density at radius 3 is 1.83 bits per heavy atom. The van der Waals surface area contributed by atoms with Gasteiger partial charge in [-0.2, -0.15) is 0 Å². The zero-order valence-corrected chi connectivity index (χ0v) is 13.3. The maximum Gasteiger partial charge on any atom is 0.00670 e. The highest BCUT2D eigenvalue weighted by Crippen LogP contribution is 2.11. The third-order valence-corrected chi connectivity index (χ3v) is 3.53. The Kier molecular flexibility index (Phi) is 13.3. The van der Waals surface area contributed by atoms with Gasteiger partial charge in [-0.15, -0.1) is 0 Å². The molecule has 110 valence electrons. The predicted molar refractivity (Wildman–Crippen MR) is 83.2 cm³/mol. The van der Waals surface area contributed by atoms with Crippen molar-refractivity contribution in [3.8, 4) is 0 Å². The number of nitrogens with zero attached hydrogens (tertiary/aromatic N) is 1. The third kappa shape index (κ3) is 12.4. The highest BCUT2D eigenvalue weighted by atomic mass is 15.1. The van der Waals surface area contributed by atoms with Crippen LogP contribution in [0.15, 0.2) is 0 Å². The molecular weight excluding hydrogens is 220 g/mol. The monoisotopic (exact) mass is 256 g/mol. The lowest BCUT2D eigenvalue weighted by molar-refractivity contribution is 0.370. The van der Waals surface area contributed by atoms with Crippen LogP contribution in [0.25, 0.3) is 0 Å². The van der Waals surface area contributed by atoms with Crippen molar-refractivity contribution in [2.75, 3.05) is 27.2 Å². The van der Waals surface area contributed by atoms with Crippen LogP contribution in [0.5, 0.6) is 0 Å². The third-order valence-electron chi connectivity index (χ3n) is 3.53. The number of hydrogen-bond acceptors (Lipinski definition) is 2. The Balaban J connectivity index is 3.66. The van der Waals surface area contributed by atoms with Crippen LogP contribution in [0.2, 0.25) is 0 Å². The van der Waals surface area contributed by atoms with Crippen LogP contribution in [-0.4, -0.2) is 38.1 Å². The summed E-state index contributed by atoms with van der Waals surface area (Å²) in [5.74, 6) is 0. The van der Waals surface area contributed by atoms with Crippen molar-refractivity contribution in [3.05, 3.63) is 0 Å². The van der Waals surface area contributed by atoms with Crippen LogP contribution in [0, 0.1) is 0 Å². The normalized spacial score (nSPS) is 11.7. The van der Waals surface area contributed by atoms with E-state index in [9.17, 15) is 0 Å². The van der Waals surface area contributed by atoms with Gasteiger partial charge in [0.2, 0.25) is 0 Å². The Bertz CT molecular complexity index is 147. The summed E-state index contributed by atoms with van der Waals surface area (Å²) >= 11 is 0. The summed E-state index contributed by atoms with van der Waals surface area (Å²) < 4.78 is 0. The van der Waals surface area contributed by atoms with E-state index in [-0.39, 0.29) is 0 Å². The molecule has 0 aromatic carbocycles. The van der Waals surface area contributed by atoms with Crippen LogP contribution in [-0.2, 0) is 0 Å². The molecule has 0 radical (unpaired) electrons. The Morgan fingerprint density at radius 2 is 1.39 bits per heavy atom. The Labute approximate surface area is 116 Å². The summed E-state index contributed by atoms with van der Waals surface area (Å²) in [6.45, 7) is 6.96. The van der Waals surface area contributed by atoms with Crippen molar-refractivity contribution in [3.63, 3.8) is 0 Å². The summed E-state index contributed by atoms with van der Waals surface area (Å²) in [5, 5.41) is 3.77. The van der Waals surface area contributed by atoms with Gasteiger partial charge in [0.1, 0.15) is 0 Å². The summed E-state index contributed by atoms with van der Waals surface area (Å²) in [6.07, 6.45) is 12.3. The van der Waals surface area contributed by atoms with E-state index in [0.29, 0.717) is 0 Å². The van der Waals surface area contributed by atoms with E-state index in [1.165, 1.54) is 70.9 Å². The molecule has 0 atom stereocenters. The van der Waals surface area contributed by atoms with Crippen LogP contribution in [0.1, 0.15) is 71.6 Å². The molecule has 1 N–H and O–H groups in total. The maximum absolute atomic E-state index is 3.77. The van der Waals surface area contributed by atoms with E-state index >= 15 is 0 Å². The van der Waals surface area contributed by atoms with Crippen molar-refractivity contribution in [2.24, 2.45) is 0 Å². The van der Waals surface area contributed by atoms with Crippen LogP contribution in [0.4, 0.5) is 0 Å². The molecule has 2 nitrogen and oxygen atoms in total. The van der Waals surface area contributed by atoms with Crippen molar-refractivity contribution in [1.29, 1.82) is 0 Å². The molecule has 0 aromatic heterocycles. The fourth-order valence-corrected chi connectivity index (χ4v) is 2.33. The molecule has 0 bridgehead atoms. The summed E-state index contributed by atoms with van der Waals surface area (Å²) in [5.41, 5.74) is 0. The predicted octanol–water partition coefficient (Wildman–Crippen LogP) is 4.06. The molecule has 0 amide bonds. The smallest absolute Gasteiger partial charge is 0.00670 e. The minimum atomic E-state index is 0.769. The van der Waals surface area contributed by atoms with Gasteiger partial charge in [-0.3, -0.25) is 0 Å². The lowest BCUT2D eigenvalue weighted by atomic mass is 10.0. The van der Waals surface area contributed by atoms with Crippen molar-refractivity contribution < 1.29 is 0 Å². The van der Waals surface area contributed by atoms with Crippen LogP contribution >= 0.6 is 0 Å². The molecule has 0 fully saturated rings. The molecule has 0 heterocycles. The quantitative estimate of drug-likeness (QED) is 0.500. The molecule has 0 aliphatic rings. The second-order valence-electron chi connectivity index (χ2n) is 5.80. The Morgan fingerprint density at radius 1 is 0.833 bits per heavy atom. The number of rotatable bonds is 13. The lowest BCUT2D eigenvalue weighted by Gasteiger charge is -2.19. The first-order valence-electron chi connectivity index (χ1n) is 8.08. The fourth-order valence-electron chi connectivity index (χ4n) is 2.33. The SMILES string of the molecule is CCCCCC(CCCCC)NCCCN(C)C. The van der Waals surface area contributed by atoms with Crippen molar-refractivity contribution in [1.82, 2.24) is 10.2 Å². The molecule has 18 heavy (non-hydrogen) atoms. The molecule has 0 saturated heterocycles. The second kappa shape index (κ2) is 13.4. The van der Waals surface area contributed by atoms with Crippen molar-refractivity contribution >= 4 is 0 Å². The number of nitrogens with one attached hydrogen (secondary N) is 1. The second-order valence-corrected chi connectivity index (χ2v) is 5.80. The van der Waals surface area contributed by atoms with Gasteiger partial charge in [0.15, 0.2) is 0 Å². The molecule has 0 aliphatic carbocycles. The lowest BCUT2D eigenvalue weighted by Crippen LogP contribution is -2.31. The fraction of sp³-hybridized carbons (Fsp3) is 1.00. The molecule has 0 unspecified atom stereocenters. The highest BCUT2D eigenvalue weighted by Gasteiger charge is 2.07. The van der Waals surface area contributed by atoms with E-state index < -0.39 is 0 Å². The first kappa shape index (κ1) is 17.9. The largest absolute Gasteiger partial charge is 0.314 e. The van der Waals surface area contributed by atoms with E-state index in [4.69, 9.17) is 0 Å². The van der Waals surface area contributed by atoms with Gasteiger partial charge in [-0.05, 0) is 46.4 Å². The van der Waals surface area contributed by atoms with Gasteiger partial charge in [-0.1, -0.05) is 52.4 Å². The molecule has 0 rings (SSSR count). The topological polar surface area (TPSA) is 15.3 Å². The summed E-state index contributed by atoms with van der Waals surface area (Å²) in [7, 11) is 4.31. The Hall–Kier alpha value is -0.0800. The highest BCUT2D eigenvalue weighted by molar-refractivity contribution is 4.67. The zero-order chi connectivity index (χ0) is 13.6. The molecule has 0 aliphatic heterocycles. The minimum absolute atomic E-state index is 0.769. The van der Waals surface area contributed by atoms with Gasteiger partial charge in [0.25, 0.3) is 0 Å². The standard InChI is InChI=1S/C16H36N2/c1-5-7-9-12-16(13-10-8-6-2)17-14-11-15-18(3)4/h16-17H,5-15H2,1-4H3. The van der Waals surface area contributed by atoms with Crippen LogP contribution in [0.3, 0.4) is 0 Å². The first-order chi connectivity index (χ1) is 8.70. The first-order valence-corrected chi connectivity index (χ1v) is 8.08. The van der Waals surface area contributed by atoms with E-state index in [0.717, 1.165) is 6.04 Å². The average Bonchev–Trinajstić information content (AvgIpc) is 2.34. The van der Waals surface area contributed by atoms with Crippen LogP contribution < -0.4 is 5.32 Å². The molecule has 0 aromatic rings. The zero-order valence-electron chi connectivity index (χ0n) is 13.3. The molecular formula is C16H36N2. The van der Waals surface area contributed by atoms with E-state index in [2.05, 4.69) is 38.2 Å². The molecule has 0 spiro atoms. The van der Waals surface area contributed by atoms with Gasteiger partial charge in [-0.25, -0.2) is 0 Å². The minimum Gasteiger partial charge on any atom is -0.314 e. The van der Waals surface area contributed by atoms with Gasteiger partial charge < -0.3 is 10.2 Å². The van der Waals surface area contributed by atoms with E-state index in [1.54, 1.807) is 0 Å². The van der Waals surface area contributed by atoms with E-state index in [1.807, 2.05) is 0 Å². The maximum atomic E-state index is 3.77. The number of unbranched alkanes of at least 4 members (excludes halogenated alkanes) is 4. The van der Waals surface area contributed by atoms with Gasteiger partial charge >= 0.3 is 0 Å². The molecule has 2 heteroatoms.